The van der Waals surface area contributed by atoms with Gasteiger partial charge in [0.25, 0.3) is 5.91 Å². The Bertz CT molecular complexity index is 853. The number of methoxy groups -OCH3 is 2. The molecule has 1 aromatic heterocycles. The number of ether oxygens (including phenoxy) is 2. The number of hydrogen-bond donors (Lipinski definition) is 0. The van der Waals surface area contributed by atoms with Gasteiger partial charge in [0.05, 0.1) is 31.9 Å². The molecule has 0 saturated carbocycles. The molecule has 3 saturated heterocycles. The maximum Gasteiger partial charge on any atom is 0.258 e. The van der Waals surface area contributed by atoms with Gasteiger partial charge in [-0.3, -0.25) is 4.79 Å². The Morgan fingerprint density at radius 1 is 1.11 bits per heavy atom. The minimum atomic E-state index is 0.00157. The SMILES string of the molecule is COc1cccc(C(=O)N2C3CC2CN(c2cc(C)nc(C)n2)C3)c1OC. The van der Waals surface area contributed by atoms with Crippen molar-refractivity contribution < 1.29 is 14.3 Å². The van der Waals surface area contributed by atoms with E-state index in [0.29, 0.717) is 17.1 Å². The van der Waals surface area contributed by atoms with Gasteiger partial charge in [-0.25, -0.2) is 9.97 Å². The van der Waals surface area contributed by atoms with Crippen LogP contribution in [-0.4, -0.2) is 60.2 Å². The van der Waals surface area contributed by atoms with Gasteiger partial charge in [0.1, 0.15) is 11.6 Å². The number of piperidine rings is 1. The van der Waals surface area contributed by atoms with Gasteiger partial charge in [0, 0.05) is 24.8 Å². The standard InChI is InChI=1S/C20H24N4O3/c1-12-8-18(22-13(2)21-12)23-10-14-9-15(11-23)24(14)20(25)16-6-5-7-17(26-3)19(16)27-4/h5-8,14-15H,9-11H2,1-4H3. The van der Waals surface area contributed by atoms with E-state index in [0.717, 1.165) is 36.8 Å². The van der Waals surface area contributed by atoms with Crippen molar-refractivity contribution in [2.24, 2.45) is 0 Å². The fraction of sp³-hybridized carbons (Fsp3) is 0.450. The van der Waals surface area contributed by atoms with Gasteiger partial charge in [-0.1, -0.05) is 6.07 Å². The topological polar surface area (TPSA) is 67.8 Å². The Labute approximate surface area is 158 Å². The molecule has 0 N–H and O–H groups in total. The first-order valence-corrected chi connectivity index (χ1v) is 9.12. The minimum absolute atomic E-state index is 0.00157. The summed E-state index contributed by atoms with van der Waals surface area (Å²) in [4.78, 5) is 26.3. The van der Waals surface area contributed by atoms with E-state index in [1.807, 2.05) is 30.9 Å². The van der Waals surface area contributed by atoms with Gasteiger partial charge >= 0.3 is 0 Å². The number of hydrogen-bond acceptors (Lipinski definition) is 6. The third-order valence-electron chi connectivity index (χ3n) is 5.34. The molecule has 0 spiro atoms. The van der Waals surface area contributed by atoms with E-state index in [4.69, 9.17) is 9.47 Å². The first kappa shape index (κ1) is 17.6. The smallest absolute Gasteiger partial charge is 0.258 e. The summed E-state index contributed by atoms with van der Waals surface area (Å²) in [5.41, 5.74) is 1.51. The lowest BCUT2D eigenvalue weighted by atomic mass is 9.86. The third kappa shape index (κ3) is 2.97. The zero-order chi connectivity index (χ0) is 19.1. The van der Waals surface area contributed by atoms with E-state index < -0.39 is 0 Å². The molecular weight excluding hydrogens is 344 g/mol. The van der Waals surface area contributed by atoms with Gasteiger partial charge in [-0.15, -0.1) is 0 Å². The summed E-state index contributed by atoms with van der Waals surface area (Å²) in [5, 5.41) is 0. The van der Waals surface area contributed by atoms with Crippen LogP contribution in [-0.2, 0) is 0 Å². The van der Waals surface area contributed by atoms with Crippen molar-refractivity contribution in [2.45, 2.75) is 32.4 Å². The van der Waals surface area contributed by atoms with Crippen LogP contribution in [0.2, 0.25) is 0 Å². The van der Waals surface area contributed by atoms with Crippen LogP contribution in [0.4, 0.5) is 5.82 Å². The predicted molar refractivity (Wildman–Crippen MR) is 102 cm³/mol. The van der Waals surface area contributed by atoms with E-state index in [1.165, 1.54) is 0 Å². The molecule has 7 nitrogen and oxygen atoms in total. The van der Waals surface area contributed by atoms with Crippen molar-refractivity contribution >= 4 is 11.7 Å². The van der Waals surface area contributed by atoms with Crippen molar-refractivity contribution in [2.75, 3.05) is 32.2 Å². The summed E-state index contributed by atoms with van der Waals surface area (Å²) in [6, 6.07) is 7.80. The highest BCUT2D eigenvalue weighted by Gasteiger charge is 2.48. The second-order valence-corrected chi connectivity index (χ2v) is 7.12. The summed E-state index contributed by atoms with van der Waals surface area (Å²) >= 11 is 0. The number of anilines is 1. The Hall–Kier alpha value is -2.83. The highest BCUT2D eigenvalue weighted by atomic mass is 16.5. The van der Waals surface area contributed by atoms with Crippen LogP contribution in [0.15, 0.2) is 24.3 Å². The quantitative estimate of drug-likeness (QED) is 0.824. The summed E-state index contributed by atoms with van der Waals surface area (Å²) in [7, 11) is 3.14. The molecular formula is C20H24N4O3. The van der Waals surface area contributed by atoms with Crippen molar-refractivity contribution in [3.05, 3.63) is 41.3 Å². The van der Waals surface area contributed by atoms with Gasteiger partial charge in [0.2, 0.25) is 0 Å². The summed E-state index contributed by atoms with van der Waals surface area (Å²) in [6.45, 7) is 5.45. The Kier molecular flexibility index (Phi) is 4.37. The van der Waals surface area contributed by atoms with Crippen LogP contribution in [0.25, 0.3) is 0 Å². The zero-order valence-corrected chi connectivity index (χ0v) is 16.1. The normalized spacial score (nSPS) is 20.9. The van der Waals surface area contributed by atoms with E-state index in [1.54, 1.807) is 26.4 Å². The molecule has 2 unspecified atom stereocenters. The molecule has 27 heavy (non-hydrogen) atoms. The second-order valence-electron chi connectivity index (χ2n) is 7.12. The number of fused-ring (bicyclic) bond motifs is 2. The molecule has 2 aromatic rings. The van der Waals surface area contributed by atoms with Crippen molar-refractivity contribution in [1.82, 2.24) is 14.9 Å². The largest absolute Gasteiger partial charge is 0.493 e. The lowest BCUT2D eigenvalue weighted by Gasteiger charge is -2.56. The van der Waals surface area contributed by atoms with Crippen LogP contribution in [0.5, 0.6) is 11.5 Å². The molecule has 2 atom stereocenters. The molecule has 3 aliphatic heterocycles. The average Bonchev–Trinajstić information content (AvgIpc) is 2.66. The Morgan fingerprint density at radius 3 is 2.48 bits per heavy atom. The molecule has 4 heterocycles. The highest BCUT2D eigenvalue weighted by molar-refractivity contribution is 5.99. The fourth-order valence-corrected chi connectivity index (χ4v) is 4.18. The van der Waals surface area contributed by atoms with Gasteiger partial charge < -0.3 is 19.3 Å². The Balaban J connectivity index is 1.55. The number of carbonyl (C=O) groups excluding carboxylic acids is 1. The average molecular weight is 368 g/mol. The summed E-state index contributed by atoms with van der Waals surface area (Å²) < 4.78 is 10.8. The van der Waals surface area contributed by atoms with Gasteiger partial charge in [-0.05, 0) is 32.4 Å². The maximum absolute atomic E-state index is 13.2. The summed E-state index contributed by atoms with van der Waals surface area (Å²) in [6.07, 6.45) is 1.03. The van der Waals surface area contributed by atoms with Crippen molar-refractivity contribution in [1.29, 1.82) is 0 Å². The molecule has 5 rings (SSSR count). The first-order valence-electron chi connectivity index (χ1n) is 9.12. The molecule has 0 aliphatic carbocycles. The van der Waals surface area contributed by atoms with Crippen LogP contribution < -0.4 is 14.4 Å². The first-order chi connectivity index (χ1) is 13.0. The number of nitrogens with zero attached hydrogens (tertiary/aromatic N) is 4. The van der Waals surface area contributed by atoms with Crippen molar-refractivity contribution in [3.8, 4) is 11.5 Å². The zero-order valence-electron chi connectivity index (χ0n) is 16.1. The molecule has 2 bridgehead atoms. The molecule has 1 aromatic carbocycles. The van der Waals surface area contributed by atoms with E-state index in [9.17, 15) is 4.79 Å². The number of rotatable bonds is 4. The fourth-order valence-electron chi connectivity index (χ4n) is 4.18. The molecule has 3 aliphatic rings. The second kappa shape index (κ2) is 6.72. The van der Waals surface area contributed by atoms with Gasteiger partial charge in [-0.2, -0.15) is 0 Å². The minimum Gasteiger partial charge on any atom is -0.493 e. The lowest BCUT2D eigenvalue weighted by Crippen LogP contribution is -2.70. The van der Waals surface area contributed by atoms with Crippen LogP contribution in [0.1, 0.15) is 28.3 Å². The van der Waals surface area contributed by atoms with Crippen LogP contribution >= 0.6 is 0 Å². The number of carbonyl (C=O) groups is 1. The number of benzene rings is 1. The molecule has 142 valence electrons. The van der Waals surface area contributed by atoms with Crippen LogP contribution in [0, 0.1) is 13.8 Å². The number of amides is 1. The molecule has 1 amide bonds. The van der Waals surface area contributed by atoms with Crippen molar-refractivity contribution in [3.63, 3.8) is 0 Å². The van der Waals surface area contributed by atoms with Crippen LogP contribution in [0.3, 0.4) is 0 Å². The lowest BCUT2D eigenvalue weighted by molar-refractivity contribution is 0.00546. The summed E-state index contributed by atoms with van der Waals surface area (Å²) in [5.74, 6) is 2.79. The van der Waals surface area contributed by atoms with E-state index in [-0.39, 0.29) is 18.0 Å². The Morgan fingerprint density at radius 2 is 1.85 bits per heavy atom. The number of para-hydroxylation sites is 1. The number of aromatic nitrogens is 2. The monoisotopic (exact) mass is 368 g/mol. The number of piperazine rings is 1. The predicted octanol–water partition coefficient (Wildman–Crippen LogP) is 2.21. The van der Waals surface area contributed by atoms with Gasteiger partial charge in [0.15, 0.2) is 11.5 Å². The molecule has 7 heteroatoms. The maximum atomic E-state index is 13.2. The third-order valence-corrected chi connectivity index (χ3v) is 5.34. The van der Waals surface area contributed by atoms with E-state index in [2.05, 4.69) is 14.9 Å². The number of aryl methyl sites for hydroxylation is 2. The molecule has 0 radical (unpaired) electrons. The highest BCUT2D eigenvalue weighted by Crippen LogP contribution is 2.38. The molecule has 3 fully saturated rings. The van der Waals surface area contributed by atoms with E-state index >= 15 is 0 Å².